The van der Waals surface area contributed by atoms with E-state index in [0.717, 1.165) is 6.07 Å². The van der Waals surface area contributed by atoms with Crippen LogP contribution in [0.25, 0.3) is 10.9 Å². The van der Waals surface area contributed by atoms with Crippen molar-refractivity contribution in [2.75, 3.05) is 6.61 Å². The third-order valence-corrected chi connectivity index (χ3v) is 2.41. The summed E-state index contributed by atoms with van der Waals surface area (Å²) < 4.78 is 18.3. The highest BCUT2D eigenvalue weighted by Crippen LogP contribution is 2.20. The molecule has 0 N–H and O–H groups in total. The number of carbonyl (C=O) groups excluding carboxylic acids is 2. The van der Waals surface area contributed by atoms with Gasteiger partial charge >= 0.3 is 5.97 Å². The summed E-state index contributed by atoms with van der Waals surface area (Å²) in [7, 11) is 0. The number of rotatable bonds is 3. The van der Waals surface area contributed by atoms with Crippen molar-refractivity contribution in [3.8, 4) is 0 Å². The predicted molar refractivity (Wildman–Crippen MR) is 62.7 cm³/mol. The fourth-order valence-corrected chi connectivity index (χ4v) is 1.64. The first-order chi connectivity index (χ1) is 8.65. The molecule has 0 atom stereocenters. The van der Waals surface area contributed by atoms with Gasteiger partial charge in [0.15, 0.2) is 0 Å². The first-order valence-electron chi connectivity index (χ1n) is 5.39. The van der Waals surface area contributed by atoms with Crippen molar-refractivity contribution in [3.05, 3.63) is 41.8 Å². The van der Waals surface area contributed by atoms with E-state index in [0.29, 0.717) is 5.39 Å². The van der Waals surface area contributed by atoms with Crippen molar-refractivity contribution in [2.24, 2.45) is 0 Å². The molecule has 1 aromatic heterocycles. The molecule has 0 bridgehead atoms. The number of benzene rings is 1. The maximum atomic E-state index is 13.7. The number of halogens is 1. The summed E-state index contributed by atoms with van der Waals surface area (Å²) in [6.07, 6.45) is 1.43. The van der Waals surface area contributed by atoms with Crippen LogP contribution in [0.1, 0.15) is 17.3 Å². The number of hydrogen-bond donors (Lipinski definition) is 0. The normalized spacial score (nSPS) is 10.3. The Balaban J connectivity index is 2.59. The highest BCUT2D eigenvalue weighted by molar-refractivity contribution is 6.42. The Hall–Kier alpha value is -2.30. The number of Topliss-reactive ketones (excluding diaryl/α,β-unsaturated/α-hetero) is 1. The average molecular weight is 247 g/mol. The van der Waals surface area contributed by atoms with Gasteiger partial charge < -0.3 is 4.74 Å². The van der Waals surface area contributed by atoms with Crippen molar-refractivity contribution < 1.29 is 18.7 Å². The minimum Gasteiger partial charge on any atom is -0.460 e. The largest absolute Gasteiger partial charge is 0.460 e. The molecule has 0 aliphatic carbocycles. The Morgan fingerprint density at radius 3 is 2.83 bits per heavy atom. The van der Waals surface area contributed by atoms with Gasteiger partial charge in [-0.3, -0.25) is 9.78 Å². The molecule has 0 fully saturated rings. The molecule has 92 valence electrons. The Kier molecular flexibility index (Phi) is 3.32. The van der Waals surface area contributed by atoms with Crippen LogP contribution in [0.3, 0.4) is 0 Å². The molecular formula is C13H10FNO3. The summed E-state index contributed by atoms with van der Waals surface area (Å²) in [5.74, 6) is -2.87. The van der Waals surface area contributed by atoms with Crippen LogP contribution in [0.15, 0.2) is 30.5 Å². The fourth-order valence-electron chi connectivity index (χ4n) is 1.64. The summed E-state index contributed by atoms with van der Waals surface area (Å²) in [6, 6.07) is 5.98. The molecule has 0 saturated carbocycles. The van der Waals surface area contributed by atoms with Gasteiger partial charge in [-0.25, -0.2) is 9.18 Å². The molecule has 0 aliphatic rings. The number of esters is 1. The number of ketones is 1. The molecular weight excluding hydrogens is 237 g/mol. The molecule has 4 nitrogen and oxygen atoms in total. The van der Waals surface area contributed by atoms with E-state index in [1.165, 1.54) is 12.3 Å². The molecule has 0 amide bonds. The zero-order chi connectivity index (χ0) is 13.1. The van der Waals surface area contributed by atoms with Gasteiger partial charge in [-0.1, -0.05) is 6.07 Å². The zero-order valence-corrected chi connectivity index (χ0v) is 9.64. The number of hydrogen-bond acceptors (Lipinski definition) is 4. The van der Waals surface area contributed by atoms with Crippen LogP contribution in [0, 0.1) is 5.82 Å². The van der Waals surface area contributed by atoms with Gasteiger partial charge in [0.25, 0.3) is 5.78 Å². The Labute approximate surface area is 102 Å². The van der Waals surface area contributed by atoms with Gasteiger partial charge in [0, 0.05) is 11.6 Å². The molecule has 0 radical (unpaired) electrons. The summed E-state index contributed by atoms with van der Waals surface area (Å²) in [6.45, 7) is 1.63. The lowest BCUT2D eigenvalue weighted by molar-refractivity contribution is -0.137. The molecule has 2 rings (SSSR count). The number of carbonyl (C=O) groups is 2. The lowest BCUT2D eigenvalue weighted by atomic mass is 10.1. The molecule has 1 aromatic carbocycles. The topological polar surface area (TPSA) is 56.3 Å². The Morgan fingerprint density at radius 1 is 1.33 bits per heavy atom. The summed E-state index contributed by atoms with van der Waals surface area (Å²) in [5, 5.41) is 0.589. The average Bonchev–Trinajstić information content (AvgIpc) is 2.38. The van der Waals surface area contributed by atoms with Crippen molar-refractivity contribution in [2.45, 2.75) is 6.92 Å². The number of pyridine rings is 1. The monoisotopic (exact) mass is 247 g/mol. The van der Waals surface area contributed by atoms with Gasteiger partial charge in [0.05, 0.1) is 17.7 Å². The summed E-state index contributed by atoms with van der Waals surface area (Å²) in [4.78, 5) is 27.1. The molecule has 0 aliphatic heterocycles. The SMILES string of the molecule is CCOC(=O)C(=O)c1c(F)ccc2cccnc12. The van der Waals surface area contributed by atoms with E-state index in [2.05, 4.69) is 9.72 Å². The van der Waals surface area contributed by atoms with Gasteiger partial charge in [-0.05, 0) is 25.1 Å². The number of fused-ring (bicyclic) bond motifs is 1. The lowest BCUT2D eigenvalue weighted by Gasteiger charge is -2.05. The minimum atomic E-state index is -1.07. The van der Waals surface area contributed by atoms with Gasteiger partial charge in [0.2, 0.25) is 0 Å². The van der Waals surface area contributed by atoms with Crippen LogP contribution in [-0.2, 0) is 9.53 Å². The van der Waals surface area contributed by atoms with E-state index in [1.807, 2.05) is 0 Å². The number of ether oxygens (including phenoxy) is 1. The third kappa shape index (κ3) is 2.07. The molecule has 0 saturated heterocycles. The minimum absolute atomic E-state index is 0.0599. The zero-order valence-electron chi connectivity index (χ0n) is 9.64. The van der Waals surface area contributed by atoms with Crippen molar-refractivity contribution in [1.29, 1.82) is 0 Å². The van der Waals surface area contributed by atoms with E-state index in [-0.39, 0.29) is 17.7 Å². The molecule has 18 heavy (non-hydrogen) atoms. The molecule has 5 heteroatoms. The summed E-state index contributed by atoms with van der Waals surface area (Å²) >= 11 is 0. The Morgan fingerprint density at radius 2 is 2.11 bits per heavy atom. The number of aromatic nitrogens is 1. The van der Waals surface area contributed by atoms with E-state index < -0.39 is 17.6 Å². The molecule has 2 aromatic rings. The molecule has 0 spiro atoms. The second-order valence-electron chi connectivity index (χ2n) is 3.55. The van der Waals surface area contributed by atoms with Crippen molar-refractivity contribution >= 4 is 22.7 Å². The number of nitrogens with zero attached hydrogens (tertiary/aromatic N) is 1. The van der Waals surface area contributed by atoms with Crippen LogP contribution in [-0.4, -0.2) is 23.3 Å². The third-order valence-electron chi connectivity index (χ3n) is 2.41. The molecule has 0 unspecified atom stereocenters. The predicted octanol–water partition coefficient (Wildman–Crippen LogP) is 2.12. The maximum Gasteiger partial charge on any atom is 0.379 e. The van der Waals surface area contributed by atoms with Crippen LogP contribution >= 0.6 is 0 Å². The van der Waals surface area contributed by atoms with E-state index in [9.17, 15) is 14.0 Å². The van der Waals surface area contributed by atoms with E-state index >= 15 is 0 Å². The second-order valence-corrected chi connectivity index (χ2v) is 3.55. The van der Waals surface area contributed by atoms with Crippen LogP contribution in [0.5, 0.6) is 0 Å². The smallest absolute Gasteiger partial charge is 0.379 e. The van der Waals surface area contributed by atoms with Gasteiger partial charge in [-0.15, -0.1) is 0 Å². The maximum absolute atomic E-state index is 13.7. The summed E-state index contributed by atoms with van der Waals surface area (Å²) in [5.41, 5.74) is -0.179. The van der Waals surface area contributed by atoms with Crippen LogP contribution < -0.4 is 0 Å². The quantitative estimate of drug-likeness (QED) is 0.473. The fraction of sp³-hybridized carbons (Fsp3) is 0.154. The lowest BCUT2D eigenvalue weighted by Crippen LogP contribution is -2.19. The van der Waals surface area contributed by atoms with E-state index in [1.54, 1.807) is 19.1 Å². The van der Waals surface area contributed by atoms with Crippen molar-refractivity contribution in [1.82, 2.24) is 4.98 Å². The Bertz CT molecular complexity index is 625. The van der Waals surface area contributed by atoms with Gasteiger partial charge in [-0.2, -0.15) is 0 Å². The van der Waals surface area contributed by atoms with Crippen LogP contribution in [0.2, 0.25) is 0 Å². The first kappa shape index (κ1) is 12.2. The highest BCUT2D eigenvalue weighted by atomic mass is 19.1. The standard InChI is InChI=1S/C13H10FNO3/c1-2-18-13(17)12(16)10-9(14)6-5-8-4-3-7-15-11(8)10/h3-7H,2H2,1H3. The highest BCUT2D eigenvalue weighted by Gasteiger charge is 2.24. The van der Waals surface area contributed by atoms with E-state index in [4.69, 9.17) is 0 Å². The second kappa shape index (κ2) is 4.91. The molecule has 1 heterocycles. The van der Waals surface area contributed by atoms with Crippen molar-refractivity contribution in [3.63, 3.8) is 0 Å². The first-order valence-corrected chi connectivity index (χ1v) is 5.39. The van der Waals surface area contributed by atoms with Gasteiger partial charge in [0.1, 0.15) is 5.82 Å². The van der Waals surface area contributed by atoms with Crippen LogP contribution in [0.4, 0.5) is 4.39 Å².